The molecule has 1 aliphatic heterocycles. The Hall–Kier alpha value is -2.35. The number of hydrogen-bond donors (Lipinski definition) is 1. The zero-order valence-electron chi connectivity index (χ0n) is 15.7. The minimum Gasteiger partial charge on any atom is -0.456 e. The molecule has 0 saturated carbocycles. The molecular formula is C18H23NO6S. The molecule has 0 fully saturated rings. The van der Waals surface area contributed by atoms with Crippen LogP contribution in [0.1, 0.15) is 47.1 Å². The molecule has 2 rings (SSSR count). The van der Waals surface area contributed by atoms with Crippen molar-refractivity contribution in [3.05, 3.63) is 35.4 Å². The van der Waals surface area contributed by atoms with Crippen molar-refractivity contribution in [2.45, 2.75) is 57.6 Å². The molecule has 7 nitrogen and oxygen atoms in total. The fourth-order valence-electron chi connectivity index (χ4n) is 2.28. The number of carbonyl (C=O) groups excluding carboxylic acids is 2. The average Bonchev–Trinajstić information content (AvgIpc) is 2.67. The molecule has 1 aromatic rings. The summed E-state index contributed by atoms with van der Waals surface area (Å²) in [7, 11) is -3.88. The summed E-state index contributed by atoms with van der Waals surface area (Å²) in [4.78, 5) is 25.3. The van der Waals surface area contributed by atoms with E-state index in [2.05, 4.69) is 4.72 Å². The number of benzene rings is 1. The predicted octanol–water partition coefficient (Wildman–Crippen LogP) is 2.37. The Labute approximate surface area is 153 Å². The third kappa shape index (κ3) is 4.43. The van der Waals surface area contributed by atoms with E-state index < -0.39 is 38.7 Å². The van der Waals surface area contributed by atoms with Gasteiger partial charge in [0.05, 0.1) is 10.6 Å². The smallest absolute Gasteiger partial charge is 0.348 e. The van der Waals surface area contributed by atoms with Crippen LogP contribution in [0.2, 0.25) is 0 Å². The van der Waals surface area contributed by atoms with E-state index in [9.17, 15) is 18.0 Å². The molecule has 0 aromatic heterocycles. The summed E-state index contributed by atoms with van der Waals surface area (Å²) < 4.78 is 37.5. The highest BCUT2D eigenvalue weighted by molar-refractivity contribution is 7.90. The van der Waals surface area contributed by atoms with Gasteiger partial charge in [-0.1, -0.05) is 18.2 Å². The SMILES string of the molecule is CC(C)(C)OC(=O)C(C(=O)OC(C)(C)C)=C1NS(=O)(=O)c2ccccc21. The normalized spacial score (nSPS) is 15.7. The van der Waals surface area contributed by atoms with Crippen molar-refractivity contribution in [3.8, 4) is 0 Å². The number of fused-ring (bicyclic) bond motifs is 1. The Bertz CT molecular complexity index is 855. The van der Waals surface area contributed by atoms with Crippen molar-refractivity contribution in [1.82, 2.24) is 4.72 Å². The van der Waals surface area contributed by atoms with Crippen molar-refractivity contribution in [2.24, 2.45) is 0 Å². The van der Waals surface area contributed by atoms with E-state index in [-0.39, 0.29) is 16.2 Å². The van der Waals surface area contributed by atoms with Crippen molar-refractivity contribution < 1.29 is 27.5 Å². The molecule has 0 unspecified atom stereocenters. The second-order valence-corrected chi connectivity index (χ2v) is 9.51. The lowest BCUT2D eigenvalue weighted by Gasteiger charge is -2.23. The van der Waals surface area contributed by atoms with Crippen LogP contribution < -0.4 is 4.72 Å². The lowest BCUT2D eigenvalue weighted by atomic mass is 10.1. The highest BCUT2D eigenvalue weighted by atomic mass is 32.2. The first-order chi connectivity index (χ1) is 11.7. The molecule has 142 valence electrons. The van der Waals surface area contributed by atoms with Gasteiger partial charge in [0.1, 0.15) is 11.2 Å². The third-order valence-electron chi connectivity index (χ3n) is 3.14. The summed E-state index contributed by atoms with van der Waals surface area (Å²) in [5.41, 5.74) is -2.14. The fourth-order valence-corrected chi connectivity index (χ4v) is 3.59. The van der Waals surface area contributed by atoms with Gasteiger partial charge in [0.15, 0.2) is 5.57 Å². The standard InChI is InChI=1S/C18H23NO6S/c1-17(2,3)24-15(20)13(16(21)25-18(4,5)6)14-11-9-7-8-10-12(11)26(22,23)19-14/h7-10,19H,1-6H3. The molecule has 0 amide bonds. The van der Waals surface area contributed by atoms with E-state index in [0.29, 0.717) is 0 Å². The van der Waals surface area contributed by atoms with Gasteiger partial charge in [0.25, 0.3) is 10.0 Å². The number of carbonyl (C=O) groups is 2. The number of nitrogens with one attached hydrogen (secondary N) is 1. The maximum atomic E-state index is 12.7. The Kier molecular flexibility index (Phi) is 4.93. The molecule has 0 aliphatic carbocycles. The van der Waals surface area contributed by atoms with Crippen LogP contribution in [0.4, 0.5) is 0 Å². The third-order valence-corrected chi connectivity index (χ3v) is 4.55. The summed E-state index contributed by atoms with van der Waals surface area (Å²) >= 11 is 0. The van der Waals surface area contributed by atoms with Gasteiger partial charge in [0.2, 0.25) is 0 Å². The highest BCUT2D eigenvalue weighted by Crippen LogP contribution is 2.33. The molecule has 1 aromatic carbocycles. The lowest BCUT2D eigenvalue weighted by molar-refractivity contribution is -0.158. The van der Waals surface area contributed by atoms with Gasteiger partial charge in [-0.05, 0) is 47.6 Å². The van der Waals surface area contributed by atoms with Gasteiger partial charge in [0, 0.05) is 5.56 Å². The second-order valence-electron chi connectivity index (χ2n) is 7.86. The first kappa shape index (κ1) is 20.0. The summed E-state index contributed by atoms with van der Waals surface area (Å²) in [6.45, 7) is 9.89. The number of rotatable bonds is 2. The first-order valence-corrected chi connectivity index (χ1v) is 9.53. The van der Waals surface area contributed by atoms with E-state index in [1.807, 2.05) is 0 Å². The van der Waals surface area contributed by atoms with Crippen LogP contribution in [0.15, 0.2) is 34.7 Å². The van der Waals surface area contributed by atoms with E-state index in [1.165, 1.54) is 12.1 Å². The summed E-state index contributed by atoms with van der Waals surface area (Å²) in [5.74, 6) is -1.91. The van der Waals surface area contributed by atoms with Gasteiger partial charge < -0.3 is 9.47 Å². The Morgan fingerprint density at radius 2 is 1.35 bits per heavy atom. The molecule has 1 aliphatic rings. The number of hydrogen-bond acceptors (Lipinski definition) is 6. The minimum atomic E-state index is -3.88. The molecule has 0 bridgehead atoms. The van der Waals surface area contributed by atoms with Gasteiger partial charge in [-0.2, -0.15) is 0 Å². The molecule has 1 N–H and O–H groups in total. The molecule has 1 heterocycles. The molecule has 0 spiro atoms. The molecule has 0 atom stereocenters. The monoisotopic (exact) mass is 381 g/mol. The van der Waals surface area contributed by atoms with Crippen LogP contribution in [0, 0.1) is 0 Å². The van der Waals surface area contributed by atoms with Gasteiger partial charge in [-0.25, -0.2) is 18.0 Å². The Balaban J connectivity index is 2.66. The van der Waals surface area contributed by atoms with E-state index in [4.69, 9.17) is 9.47 Å². The number of esters is 2. The van der Waals surface area contributed by atoms with Crippen LogP contribution in [-0.4, -0.2) is 31.6 Å². The van der Waals surface area contributed by atoms with Gasteiger partial charge in [-0.15, -0.1) is 0 Å². The van der Waals surface area contributed by atoms with Gasteiger partial charge >= 0.3 is 11.9 Å². The zero-order valence-corrected chi connectivity index (χ0v) is 16.5. The van der Waals surface area contributed by atoms with Crippen molar-refractivity contribution >= 4 is 27.7 Å². The largest absolute Gasteiger partial charge is 0.456 e. The molecule has 26 heavy (non-hydrogen) atoms. The summed E-state index contributed by atoms with van der Waals surface area (Å²) in [6, 6.07) is 6.08. The first-order valence-electron chi connectivity index (χ1n) is 8.04. The van der Waals surface area contributed by atoms with Crippen LogP contribution in [0.25, 0.3) is 5.70 Å². The lowest BCUT2D eigenvalue weighted by Crippen LogP contribution is -2.33. The van der Waals surface area contributed by atoms with Crippen molar-refractivity contribution in [2.75, 3.05) is 0 Å². The maximum Gasteiger partial charge on any atom is 0.348 e. The zero-order chi connectivity index (χ0) is 19.9. The summed E-state index contributed by atoms with van der Waals surface area (Å²) in [6.07, 6.45) is 0. The summed E-state index contributed by atoms with van der Waals surface area (Å²) in [5, 5.41) is 0. The second kappa shape index (κ2) is 6.42. The van der Waals surface area contributed by atoms with E-state index in [0.717, 1.165) is 0 Å². The van der Waals surface area contributed by atoms with Crippen LogP contribution >= 0.6 is 0 Å². The minimum absolute atomic E-state index is 0.0142. The maximum absolute atomic E-state index is 12.7. The van der Waals surface area contributed by atoms with Crippen LogP contribution in [0.5, 0.6) is 0 Å². The number of ether oxygens (including phenoxy) is 2. The molecule has 0 saturated heterocycles. The topological polar surface area (TPSA) is 98.8 Å². The predicted molar refractivity (Wildman–Crippen MR) is 95.4 cm³/mol. The quantitative estimate of drug-likeness (QED) is 0.365. The molecular weight excluding hydrogens is 358 g/mol. The van der Waals surface area contributed by atoms with Gasteiger partial charge in [-0.3, -0.25) is 4.72 Å². The van der Waals surface area contributed by atoms with E-state index >= 15 is 0 Å². The molecule has 0 radical (unpaired) electrons. The van der Waals surface area contributed by atoms with E-state index in [1.54, 1.807) is 53.7 Å². The fraction of sp³-hybridized carbons (Fsp3) is 0.444. The van der Waals surface area contributed by atoms with Crippen LogP contribution in [-0.2, 0) is 29.1 Å². The molecule has 8 heteroatoms. The van der Waals surface area contributed by atoms with Crippen LogP contribution in [0.3, 0.4) is 0 Å². The Morgan fingerprint density at radius 1 is 0.885 bits per heavy atom. The van der Waals surface area contributed by atoms with Crippen molar-refractivity contribution in [3.63, 3.8) is 0 Å². The highest BCUT2D eigenvalue weighted by Gasteiger charge is 2.39. The van der Waals surface area contributed by atoms with Crippen molar-refractivity contribution in [1.29, 1.82) is 0 Å². The Morgan fingerprint density at radius 3 is 1.81 bits per heavy atom. The average molecular weight is 381 g/mol. The number of sulfonamides is 1.